The van der Waals surface area contributed by atoms with Crippen LogP contribution < -0.4 is 5.32 Å². The molecule has 1 fully saturated rings. The molecule has 0 aromatic carbocycles. The van der Waals surface area contributed by atoms with Gasteiger partial charge in [0.2, 0.25) is 0 Å². The summed E-state index contributed by atoms with van der Waals surface area (Å²) in [4.78, 5) is 15.7. The highest BCUT2D eigenvalue weighted by Gasteiger charge is 2.28. The van der Waals surface area contributed by atoms with Gasteiger partial charge in [-0.15, -0.1) is 11.3 Å². The van der Waals surface area contributed by atoms with Crippen molar-refractivity contribution < 1.29 is 9.53 Å². The number of carbonyl (C=O) groups is 1. The van der Waals surface area contributed by atoms with E-state index in [-0.39, 0.29) is 5.97 Å². The number of carbonyl (C=O) groups excluding carboxylic acids is 1. The Balaban J connectivity index is 1.77. The van der Waals surface area contributed by atoms with Crippen LogP contribution in [0.15, 0.2) is 0 Å². The van der Waals surface area contributed by atoms with Gasteiger partial charge in [0.05, 0.1) is 12.7 Å². The maximum atomic E-state index is 12.1. The fourth-order valence-corrected chi connectivity index (χ4v) is 4.82. The molecule has 1 aliphatic heterocycles. The molecule has 1 N–H and O–H groups in total. The van der Waals surface area contributed by atoms with Gasteiger partial charge < -0.3 is 15.0 Å². The number of ether oxygens (including phenoxy) is 1. The minimum atomic E-state index is -0.253. The summed E-state index contributed by atoms with van der Waals surface area (Å²) in [6.45, 7) is 4.27. The average molecular weight is 338 g/mol. The largest absolute Gasteiger partial charge is 0.465 e. The molecule has 0 bridgehead atoms. The van der Waals surface area contributed by atoms with E-state index in [9.17, 15) is 4.79 Å². The normalized spacial score (nSPS) is 18.2. The zero-order valence-corrected chi connectivity index (χ0v) is 14.7. The Morgan fingerprint density at radius 1 is 1.36 bits per heavy atom. The number of anilines is 1. The fourth-order valence-electron chi connectivity index (χ4n) is 3.20. The Labute approximate surface area is 140 Å². The predicted molar refractivity (Wildman–Crippen MR) is 93.9 cm³/mol. The third-order valence-electron chi connectivity index (χ3n) is 4.60. The molecule has 2 aliphatic rings. The summed E-state index contributed by atoms with van der Waals surface area (Å²) in [5.41, 5.74) is 1.86. The number of hydrogen-bond acceptors (Lipinski definition) is 4. The summed E-state index contributed by atoms with van der Waals surface area (Å²) in [7, 11) is 1.44. The van der Waals surface area contributed by atoms with Gasteiger partial charge in [-0.1, -0.05) is 6.92 Å². The van der Waals surface area contributed by atoms with Crippen LogP contribution in [0.2, 0.25) is 0 Å². The first-order valence-corrected chi connectivity index (χ1v) is 9.11. The number of piperidine rings is 1. The third kappa shape index (κ3) is 2.99. The second-order valence-electron chi connectivity index (χ2n) is 6.15. The number of nitrogens with zero attached hydrogens (tertiary/aromatic N) is 1. The summed E-state index contributed by atoms with van der Waals surface area (Å²) in [5.74, 6) is 0.521. The van der Waals surface area contributed by atoms with Gasteiger partial charge in [-0.05, 0) is 55.8 Å². The minimum Gasteiger partial charge on any atom is -0.465 e. The number of methoxy groups -OCH3 is 1. The van der Waals surface area contributed by atoms with E-state index in [1.165, 1.54) is 24.8 Å². The lowest BCUT2D eigenvalue weighted by Crippen LogP contribution is -2.40. The highest BCUT2D eigenvalue weighted by Crippen LogP contribution is 2.39. The van der Waals surface area contributed by atoms with Crippen molar-refractivity contribution in [2.24, 2.45) is 5.92 Å². The summed E-state index contributed by atoms with van der Waals surface area (Å²) >= 11 is 7.21. The number of thiophene rings is 1. The number of rotatable bonds is 2. The molecule has 0 amide bonds. The van der Waals surface area contributed by atoms with Gasteiger partial charge >= 0.3 is 5.97 Å². The number of nitrogens with one attached hydrogen (secondary N) is 1. The van der Waals surface area contributed by atoms with Crippen molar-refractivity contribution in [3.63, 3.8) is 0 Å². The lowest BCUT2D eigenvalue weighted by atomic mass is 10.00. The molecule has 1 aromatic rings. The molecule has 120 valence electrons. The molecule has 0 spiro atoms. The van der Waals surface area contributed by atoms with Crippen molar-refractivity contribution in [2.45, 2.75) is 39.0 Å². The lowest BCUT2D eigenvalue weighted by Gasteiger charge is -2.32. The van der Waals surface area contributed by atoms with E-state index in [0.29, 0.717) is 5.56 Å². The number of likely N-dealkylation sites (tertiary alicyclic amines) is 1. The zero-order chi connectivity index (χ0) is 15.7. The summed E-state index contributed by atoms with van der Waals surface area (Å²) in [6, 6.07) is 0. The van der Waals surface area contributed by atoms with Crippen LogP contribution in [-0.2, 0) is 17.6 Å². The first-order valence-electron chi connectivity index (χ1n) is 7.89. The fraction of sp³-hybridized carbons (Fsp3) is 0.625. The lowest BCUT2D eigenvalue weighted by molar-refractivity contribution is 0.0601. The molecule has 2 heterocycles. The van der Waals surface area contributed by atoms with E-state index in [4.69, 9.17) is 17.0 Å². The molecule has 0 unspecified atom stereocenters. The van der Waals surface area contributed by atoms with Crippen LogP contribution in [0.5, 0.6) is 0 Å². The van der Waals surface area contributed by atoms with Crippen molar-refractivity contribution in [3.05, 3.63) is 16.0 Å². The van der Waals surface area contributed by atoms with E-state index in [2.05, 4.69) is 17.1 Å². The first kappa shape index (κ1) is 15.7. The Kier molecular flexibility index (Phi) is 4.68. The van der Waals surface area contributed by atoms with Crippen LogP contribution in [0.3, 0.4) is 0 Å². The number of hydrogen-bond donors (Lipinski definition) is 1. The number of fused-ring (bicyclic) bond motifs is 1. The molecular weight excluding hydrogens is 316 g/mol. The topological polar surface area (TPSA) is 41.6 Å². The molecule has 4 nitrogen and oxygen atoms in total. The zero-order valence-electron chi connectivity index (χ0n) is 13.1. The van der Waals surface area contributed by atoms with Gasteiger partial charge in [-0.2, -0.15) is 0 Å². The van der Waals surface area contributed by atoms with Crippen LogP contribution in [-0.4, -0.2) is 36.2 Å². The van der Waals surface area contributed by atoms with Gasteiger partial charge in [0.15, 0.2) is 5.11 Å². The van der Waals surface area contributed by atoms with Gasteiger partial charge in [-0.3, -0.25) is 0 Å². The quantitative estimate of drug-likeness (QED) is 0.661. The average Bonchev–Trinajstić information content (AvgIpc) is 3.07. The van der Waals surface area contributed by atoms with Crippen molar-refractivity contribution in [3.8, 4) is 0 Å². The molecule has 0 atom stereocenters. The molecular formula is C16H22N2O2S2. The van der Waals surface area contributed by atoms with E-state index < -0.39 is 0 Å². The third-order valence-corrected chi connectivity index (χ3v) is 6.17. The van der Waals surface area contributed by atoms with E-state index in [1.807, 2.05) is 0 Å². The molecule has 0 radical (unpaired) electrons. The smallest absolute Gasteiger partial charge is 0.341 e. The van der Waals surface area contributed by atoms with Crippen molar-refractivity contribution in [2.75, 3.05) is 25.5 Å². The number of thiocarbonyl (C=S) groups is 1. The Morgan fingerprint density at radius 3 is 2.77 bits per heavy atom. The van der Waals surface area contributed by atoms with Crippen LogP contribution in [0.25, 0.3) is 0 Å². The highest BCUT2D eigenvalue weighted by atomic mass is 32.1. The maximum Gasteiger partial charge on any atom is 0.341 e. The molecule has 22 heavy (non-hydrogen) atoms. The van der Waals surface area contributed by atoms with E-state index >= 15 is 0 Å². The summed E-state index contributed by atoms with van der Waals surface area (Å²) in [5, 5.41) is 4.91. The molecule has 1 aliphatic carbocycles. The van der Waals surface area contributed by atoms with E-state index in [0.717, 1.165) is 53.9 Å². The second kappa shape index (κ2) is 6.54. The molecule has 6 heteroatoms. The van der Waals surface area contributed by atoms with Crippen LogP contribution >= 0.6 is 23.6 Å². The van der Waals surface area contributed by atoms with E-state index in [1.54, 1.807) is 11.3 Å². The van der Waals surface area contributed by atoms with Crippen molar-refractivity contribution in [1.82, 2.24) is 4.90 Å². The van der Waals surface area contributed by atoms with Crippen molar-refractivity contribution in [1.29, 1.82) is 0 Å². The number of esters is 1. The standard InChI is InChI=1S/C16H22N2O2S2/c1-10-6-8-18(9-7-10)16(21)17-14-13(15(19)20-2)11-4-3-5-12(11)22-14/h10H,3-9H2,1-2H3,(H,17,21). The number of aryl methyl sites for hydroxylation is 1. The Bertz CT molecular complexity index is 589. The summed E-state index contributed by atoms with van der Waals surface area (Å²) in [6.07, 6.45) is 5.49. The molecule has 3 rings (SSSR count). The second-order valence-corrected chi connectivity index (χ2v) is 7.64. The monoisotopic (exact) mass is 338 g/mol. The van der Waals surface area contributed by atoms with Gasteiger partial charge in [0.25, 0.3) is 0 Å². The van der Waals surface area contributed by atoms with Crippen molar-refractivity contribution >= 4 is 39.6 Å². The van der Waals surface area contributed by atoms with Crippen LogP contribution in [0.1, 0.15) is 47.0 Å². The SMILES string of the molecule is COC(=O)c1c(NC(=S)N2CCC(C)CC2)sc2c1CCC2. The maximum absolute atomic E-state index is 12.1. The predicted octanol–water partition coefficient (Wildman–Crippen LogP) is 3.45. The highest BCUT2D eigenvalue weighted by molar-refractivity contribution is 7.80. The van der Waals surface area contributed by atoms with Gasteiger partial charge in [-0.25, -0.2) is 4.79 Å². The Hall–Kier alpha value is -1.14. The Morgan fingerprint density at radius 2 is 2.09 bits per heavy atom. The molecule has 0 saturated carbocycles. The minimum absolute atomic E-state index is 0.253. The van der Waals surface area contributed by atoms with Gasteiger partial charge in [0.1, 0.15) is 5.00 Å². The molecule has 1 aromatic heterocycles. The summed E-state index contributed by atoms with van der Waals surface area (Å²) < 4.78 is 4.97. The molecule has 1 saturated heterocycles. The van der Waals surface area contributed by atoms with Crippen LogP contribution in [0.4, 0.5) is 5.00 Å². The van der Waals surface area contributed by atoms with Crippen LogP contribution in [0, 0.1) is 5.92 Å². The first-order chi connectivity index (χ1) is 10.6. The van der Waals surface area contributed by atoms with Gasteiger partial charge in [0, 0.05) is 18.0 Å².